The number of rotatable bonds is 2. The van der Waals surface area contributed by atoms with Crippen LogP contribution in [0.2, 0.25) is 0 Å². The molecule has 0 unspecified atom stereocenters. The Balaban J connectivity index is 3.02. The summed E-state index contributed by atoms with van der Waals surface area (Å²) < 4.78 is 13.2. The van der Waals surface area contributed by atoms with Gasteiger partial charge in [0.15, 0.2) is 5.12 Å². The van der Waals surface area contributed by atoms with Gasteiger partial charge < -0.3 is 0 Å². The van der Waals surface area contributed by atoms with Crippen molar-refractivity contribution in [1.29, 1.82) is 0 Å². The monoisotopic (exact) mass is 267 g/mol. The van der Waals surface area contributed by atoms with Crippen molar-refractivity contribution in [1.82, 2.24) is 0 Å². The molecule has 0 N–H and O–H groups in total. The Hall–Kier alpha value is -1.87. The second-order valence-electron chi connectivity index (χ2n) is 3.44. The molecular formula is C12H10FNO3S. The van der Waals surface area contributed by atoms with Crippen LogP contribution in [0.3, 0.4) is 0 Å². The molecule has 0 radical (unpaired) electrons. The Labute approximate surface area is 108 Å². The molecule has 0 bridgehead atoms. The maximum absolute atomic E-state index is 13.2. The van der Waals surface area contributed by atoms with Gasteiger partial charge in [0.2, 0.25) is 0 Å². The third-order valence-corrected chi connectivity index (χ3v) is 2.81. The molecule has 18 heavy (non-hydrogen) atoms. The van der Waals surface area contributed by atoms with Crippen LogP contribution in [-0.4, -0.2) is 15.8 Å². The Morgan fingerprint density at radius 3 is 2.78 bits per heavy atom. The minimum atomic E-state index is -0.698. The Morgan fingerprint density at radius 2 is 2.22 bits per heavy atom. The van der Waals surface area contributed by atoms with Gasteiger partial charge in [-0.05, 0) is 13.0 Å². The average molecular weight is 267 g/mol. The number of hydrogen-bond acceptors (Lipinski definition) is 4. The highest BCUT2D eigenvalue weighted by Crippen LogP contribution is 2.22. The summed E-state index contributed by atoms with van der Waals surface area (Å²) in [6.07, 6.45) is 0. The lowest BCUT2D eigenvalue weighted by molar-refractivity contribution is -0.385. The first-order valence-corrected chi connectivity index (χ1v) is 5.97. The normalized spacial score (nSPS) is 9.50. The van der Waals surface area contributed by atoms with E-state index in [0.29, 0.717) is 5.56 Å². The first kappa shape index (κ1) is 14.2. The van der Waals surface area contributed by atoms with Gasteiger partial charge in [-0.2, -0.15) is 0 Å². The Kier molecular flexibility index (Phi) is 4.86. The summed E-state index contributed by atoms with van der Waals surface area (Å²) in [6.45, 7) is 2.93. The van der Waals surface area contributed by atoms with Crippen LogP contribution in [0.15, 0.2) is 12.1 Å². The second-order valence-corrected chi connectivity index (χ2v) is 4.59. The first-order chi connectivity index (χ1) is 8.41. The van der Waals surface area contributed by atoms with Crippen molar-refractivity contribution in [2.45, 2.75) is 13.8 Å². The lowest BCUT2D eigenvalue weighted by atomic mass is 10.1. The van der Waals surface area contributed by atoms with Crippen molar-refractivity contribution in [3.63, 3.8) is 0 Å². The molecule has 0 saturated heterocycles. The fraction of sp³-hybridized carbons (Fsp3) is 0.250. The summed E-state index contributed by atoms with van der Waals surface area (Å²) in [7, 11) is 0. The van der Waals surface area contributed by atoms with Gasteiger partial charge in [-0.1, -0.05) is 23.6 Å². The summed E-state index contributed by atoms with van der Waals surface area (Å²) in [5.74, 6) is 4.89. The highest BCUT2D eigenvalue weighted by atomic mass is 32.2. The van der Waals surface area contributed by atoms with E-state index in [1.54, 1.807) is 0 Å². The minimum Gasteiger partial charge on any atom is -0.288 e. The van der Waals surface area contributed by atoms with Crippen LogP contribution in [-0.2, 0) is 4.79 Å². The van der Waals surface area contributed by atoms with Crippen molar-refractivity contribution >= 4 is 22.6 Å². The number of nitro groups is 1. The molecule has 1 aromatic carbocycles. The van der Waals surface area contributed by atoms with E-state index < -0.39 is 10.7 Å². The van der Waals surface area contributed by atoms with Crippen molar-refractivity contribution in [3.8, 4) is 11.8 Å². The van der Waals surface area contributed by atoms with E-state index in [9.17, 15) is 19.3 Å². The van der Waals surface area contributed by atoms with Crippen LogP contribution in [0.4, 0.5) is 10.1 Å². The molecule has 0 saturated carbocycles. The highest BCUT2D eigenvalue weighted by molar-refractivity contribution is 8.13. The van der Waals surface area contributed by atoms with Crippen LogP contribution >= 0.6 is 11.8 Å². The standard InChI is InChI=1S/C12H10FNO3S/c1-8-10(4-3-5-18-9(2)15)6-11(13)7-12(8)14(16)17/h6-7H,5H2,1-2H3. The molecule has 0 aromatic heterocycles. The molecule has 0 atom stereocenters. The number of hydrogen-bond donors (Lipinski definition) is 0. The predicted molar refractivity (Wildman–Crippen MR) is 67.8 cm³/mol. The number of nitrogens with zero attached hydrogens (tertiary/aromatic N) is 1. The summed E-state index contributed by atoms with van der Waals surface area (Å²) in [5, 5.41) is 10.6. The number of carbonyl (C=O) groups excluding carboxylic acids is 1. The lowest BCUT2D eigenvalue weighted by Crippen LogP contribution is -1.96. The molecule has 0 aliphatic rings. The maximum atomic E-state index is 13.2. The van der Waals surface area contributed by atoms with Crippen LogP contribution in [0.5, 0.6) is 0 Å². The minimum absolute atomic E-state index is 0.0637. The van der Waals surface area contributed by atoms with Gasteiger partial charge in [-0.25, -0.2) is 4.39 Å². The zero-order valence-corrected chi connectivity index (χ0v) is 10.6. The summed E-state index contributed by atoms with van der Waals surface area (Å²) in [6, 6.07) is 2.01. The number of halogens is 1. The molecule has 0 amide bonds. The van der Waals surface area contributed by atoms with Crippen LogP contribution in [0, 0.1) is 34.7 Å². The van der Waals surface area contributed by atoms with Crippen molar-refractivity contribution in [2.75, 3.05) is 5.75 Å². The van der Waals surface area contributed by atoms with Crippen LogP contribution < -0.4 is 0 Å². The third kappa shape index (κ3) is 3.86. The Morgan fingerprint density at radius 1 is 1.56 bits per heavy atom. The highest BCUT2D eigenvalue weighted by Gasteiger charge is 2.15. The zero-order chi connectivity index (χ0) is 13.7. The van der Waals surface area contributed by atoms with Gasteiger partial charge in [0.25, 0.3) is 5.69 Å². The molecule has 6 heteroatoms. The molecular weight excluding hydrogens is 257 g/mol. The molecule has 94 valence electrons. The Bertz CT molecular complexity index is 560. The average Bonchev–Trinajstić information content (AvgIpc) is 2.27. The lowest BCUT2D eigenvalue weighted by Gasteiger charge is -2.00. The van der Waals surface area contributed by atoms with Gasteiger partial charge in [-0.3, -0.25) is 14.9 Å². The van der Waals surface area contributed by atoms with E-state index in [2.05, 4.69) is 11.8 Å². The quantitative estimate of drug-likeness (QED) is 0.469. The molecule has 0 aliphatic heterocycles. The third-order valence-electron chi connectivity index (χ3n) is 2.11. The van der Waals surface area contributed by atoms with E-state index in [0.717, 1.165) is 23.9 Å². The second kappa shape index (κ2) is 6.17. The summed E-state index contributed by atoms with van der Waals surface area (Å²) >= 11 is 1.03. The van der Waals surface area contributed by atoms with E-state index in [-0.39, 0.29) is 22.1 Å². The number of carbonyl (C=O) groups is 1. The summed E-state index contributed by atoms with van der Waals surface area (Å²) in [5.41, 5.74) is 0.297. The van der Waals surface area contributed by atoms with Crippen molar-refractivity contribution in [2.24, 2.45) is 0 Å². The molecule has 0 heterocycles. The maximum Gasteiger partial charge on any atom is 0.276 e. The first-order valence-electron chi connectivity index (χ1n) is 4.98. The fourth-order valence-corrected chi connectivity index (χ4v) is 1.60. The molecule has 0 spiro atoms. The van der Waals surface area contributed by atoms with E-state index in [4.69, 9.17) is 0 Å². The number of thioether (sulfide) groups is 1. The summed E-state index contributed by atoms with van der Waals surface area (Å²) in [4.78, 5) is 20.7. The van der Waals surface area contributed by atoms with E-state index >= 15 is 0 Å². The predicted octanol–water partition coefficient (Wildman–Crippen LogP) is 2.67. The molecule has 0 aliphatic carbocycles. The van der Waals surface area contributed by atoms with Gasteiger partial charge in [0.1, 0.15) is 5.82 Å². The van der Waals surface area contributed by atoms with Crippen molar-refractivity contribution < 1.29 is 14.1 Å². The van der Waals surface area contributed by atoms with E-state index in [1.807, 2.05) is 0 Å². The largest absolute Gasteiger partial charge is 0.288 e. The van der Waals surface area contributed by atoms with Crippen LogP contribution in [0.25, 0.3) is 0 Å². The molecule has 1 aromatic rings. The SMILES string of the molecule is CC(=O)SCC#Cc1cc(F)cc([N+](=O)[O-])c1C. The van der Waals surface area contributed by atoms with Gasteiger partial charge >= 0.3 is 0 Å². The molecule has 1 rings (SSSR count). The topological polar surface area (TPSA) is 60.2 Å². The van der Waals surface area contributed by atoms with Gasteiger partial charge in [-0.15, -0.1) is 0 Å². The number of nitro benzene ring substituents is 1. The van der Waals surface area contributed by atoms with Gasteiger partial charge in [0.05, 0.1) is 16.7 Å². The van der Waals surface area contributed by atoms with E-state index in [1.165, 1.54) is 13.8 Å². The van der Waals surface area contributed by atoms with Crippen molar-refractivity contribution in [3.05, 3.63) is 39.2 Å². The fourth-order valence-electron chi connectivity index (χ4n) is 1.25. The smallest absolute Gasteiger partial charge is 0.276 e. The van der Waals surface area contributed by atoms with Gasteiger partial charge in [0, 0.05) is 18.1 Å². The van der Waals surface area contributed by atoms with Crippen LogP contribution in [0.1, 0.15) is 18.1 Å². The zero-order valence-electron chi connectivity index (χ0n) is 9.82. The molecule has 0 fully saturated rings. The number of benzene rings is 1. The molecule has 4 nitrogen and oxygen atoms in total.